The molecular weight excluding hydrogens is 373 g/mol. The van der Waals surface area contributed by atoms with Crippen molar-refractivity contribution in [1.82, 2.24) is 4.90 Å². The maximum atomic E-state index is 14.0. The summed E-state index contributed by atoms with van der Waals surface area (Å²) in [7, 11) is 3.17. The molecule has 0 spiro atoms. The van der Waals surface area contributed by atoms with Gasteiger partial charge in [-0.05, 0) is 35.4 Å². The Hall–Kier alpha value is -2.79. The van der Waals surface area contributed by atoms with Gasteiger partial charge in [-0.2, -0.15) is 0 Å². The van der Waals surface area contributed by atoms with Crippen LogP contribution in [0.15, 0.2) is 83.8 Å². The van der Waals surface area contributed by atoms with Crippen LogP contribution in [-0.2, 0) is 11.3 Å². The summed E-state index contributed by atoms with van der Waals surface area (Å²) in [6.45, 7) is 0.318. The molecular formula is C23H22FNO2S. The van der Waals surface area contributed by atoms with Gasteiger partial charge in [-0.3, -0.25) is 4.79 Å². The lowest BCUT2D eigenvalue weighted by Gasteiger charge is -2.24. The lowest BCUT2D eigenvalue weighted by Crippen LogP contribution is -2.30. The predicted molar refractivity (Wildman–Crippen MR) is 111 cm³/mol. The number of likely N-dealkylation sites (N-methyl/N-ethyl adjacent to an activating group) is 1. The van der Waals surface area contributed by atoms with Gasteiger partial charge in [0, 0.05) is 18.5 Å². The molecule has 28 heavy (non-hydrogen) atoms. The fourth-order valence-corrected chi connectivity index (χ4v) is 4.04. The molecule has 0 N–H and O–H groups in total. The van der Waals surface area contributed by atoms with Crippen LogP contribution in [0.1, 0.15) is 16.4 Å². The first-order valence-electron chi connectivity index (χ1n) is 8.92. The zero-order valence-corrected chi connectivity index (χ0v) is 16.7. The van der Waals surface area contributed by atoms with Crippen molar-refractivity contribution in [2.24, 2.45) is 0 Å². The van der Waals surface area contributed by atoms with E-state index in [0.29, 0.717) is 12.1 Å². The fourth-order valence-electron chi connectivity index (χ4n) is 2.88. The fraction of sp³-hybridized carbons (Fsp3) is 0.174. The van der Waals surface area contributed by atoms with Crippen molar-refractivity contribution in [3.05, 3.63) is 95.8 Å². The molecule has 0 saturated carbocycles. The Kier molecular flexibility index (Phi) is 6.71. The molecule has 0 saturated heterocycles. The average Bonchev–Trinajstić information content (AvgIpc) is 2.73. The van der Waals surface area contributed by atoms with E-state index in [1.807, 2.05) is 60.7 Å². The minimum atomic E-state index is -0.431. The molecule has 0 unspecified atom stereocenters. The summed E-state index contributed by atoms with van der Waals surface area (Å²) in [4.78, 5) is 15.9. The van der Waals surface area contributed by atoms with Gasteiger partial charge < -0.3 is 9.64 Å². The molecule has 3 aromatic carbocycles. The van der Waals surface area contributed by atoms with Gasteiger partial charge in [0.25, 0.3) is 0 Å². The second-order valence-electron chi connectivity index (χ2n) is 6.38. The Morgan fingerprint density at radius 2 is 1.68 bits per heavy atom. The Bertz CT molecular complexity index is 918. The predicted octanol–water partition coefficient (Wildman–Crippen LogP) is 5.33. The summed E-state index contributed by atoms with van der Waals surface area (Å²) in [6.07, 6.45) is 0. The van der Waals surface area contributed by atoms with E-state index in [9.17, 15) is 9.18 Å². The van der Waals surface area contributed by atoms with Crippen LogP contribution >= 0.6 is 11.8 Å². The summed E-state index contributed by atoms with van der Waals surface area (Å²) >= 11 is 1.51. The maximum absolute atomic E-state index is 14.0. The Labute approximate surface area is 169 Å². The topological polar surface area (TPSA) is 29.5 Å². The van der Waals surface area contributed by atoms with Crippen molar-refractivity contribution in [2.45, 2.75) is 16.7 Å². The van der Waals surface area contributed by atoms with E-state index < -0.39 is 5.82 Å². The van der Waals surface area contributed by atoms with Crippen molar-refractivity contribution < 1.29 is 13.9 Å². The van der Waals surface area contributed by atoms with Crippen molar-refractivity contribution in [3.63, 3.8) is 0 Å². The molecule has 1 amide bonds. The van der Waals surface area contributed by atoms with Gasteiger partial charge in [0.15, 0.2) is 11.6 Å². The first-order valence-corrected chi connectivity index (χ1v) is 9.80. The number of ether oxygens (including phenoxy) is 1. The van der Waals surface area contributed by atoms with E-state index in [1.54, 1.807) is 24.1 Å². The molecule has 5 heteroatoms. The highest BCUT2D eigenvalue weighted by Gasteiger charge is 2.25. The SMILES string of the molecule is COc1ccc(CN(C)C(=O)[C@@H](Sc2ccccc2)c2ccccc2)cc1F. The summed E-state index contributed by atoms with van der Waals surface area (Å²) in [5.41, 5.74) is 1.65. The second-order valence-corrected chi connectivity index (χ2v) is 7.56. The van der Waals surface area contributed by atoms with Crippen LogP contribution in [0.2, 0.25) is 0 Å². The van der Waals surface area contributed by atoms with Gasteiger partial charge in [-0.15, -0.1) is 11.8 Å². The Balaban J connectivity index is 1.81. The second kappa shape index (κ2) is 9.42. The number of rotatable bonds is 7. The summed E-state index contributed by atoms with van der Waals surface area (Å²) < 4.78 is 18.9. The number of methoxy groups -OCH3 is 1. The highest BCUT2D eigenvalue weighted by molar-refractivity contribution is 8.00. The smallest absolute Gasteiger partial charge is 0.240 e. The molecule has 0 aromatic heterocycles. The van der Waals surface area contributed by atoms with Gasteiger partial charge in [-0.25, -0.2) is 4.39 Å². The first-order chi connectivity index (χ1) is 13.6. The van der Waals surface area contributed by atoms with Crippen LogP contribution in [0.4, 0.5) is 4.39 Å². The minimum absolute atomic E-state index is 0.0312. The number of hydrogen-bond donors (Lipinski definition) is 0. The van der Waals surface area contributed by atoms with E-state index in [1.165, 1.54) is 24.9 Å². The van der Waals surface area contributed by atoms with E-state index in [2.05, 4.69) is 0 Å². The van der Waals surface area contributed by atoms with Crippen LogP contribution in [0.5, 0.6) is 5.75 Å². The number of carbonyl (C=O) groups is 1. The number of amides is 1. The molecule has 144 valence electrons. The van der Waals surface area contributed by atoms with E-state index in [0.717, 1.165) is 10.5 Å². The molecule has 0 heterocycles. The highest BCUT2D eigenvalue weighted by atomic mass is 32.2. The minimum Gasteiger partial charge on any atom is -0.494 e. The molecule has 0 bridgehead atoms. The van der Waals surface area contributed by atoms with Crippen LogP contribution in [0, 0.1) is 5.82 Å². The van der Waals surface area contributed by atoms with Gasteiger partial charge in [0.1, 0.15) is 5.25 Å². The number of halogens is 1. The van der Waals surface area contributed by atoms with E-state index in [-0.39, 0.29) is 16.9 Å². The Morgan fingerprint density at radius 3 is 2.29 bits per heavy atom. The van der Waals surface area contributed by atoms with Crippen LogP contribution < -0.4 is 4.74 Å². The van der Waals surface area contributed by atoms with Crippen LogP contribution in [0.25, 0.3) is 0 Å². The number of benzene rings is 3. The van der Waals surface area contributed by atoms with Gasteiger partial charge in [0.2, 0.25) is 5.91 Å². The zero-order chi connectivity index (χ0) is 19.9. The quantitative estimate of drug-likeness (QED) is 0.507. The number of nitrogens with zero attached hydrogens (tertiary/aromatic N) is 1. The summed E-state index contributed by atoms with van der Waals surface area (Å²) in [6, 6.07) is 24.3. The molecule has 0 aliphatic carbocycles. The molecule has 0 radical (unpaired) electrons. The third-order valence-electron chi connectivity index (χ3n) is 4.34. The van der Waals surface area contributed by atoms with Crippen molar-refractivity contribution in [1.29, 1.82) is 0 Å². The van der Waals surface area contributed by atoms with Crippen molar-refractivity contribution in [3.8, 4) is 5.75 Å². The van der Waals surface area contributed by atoms with Gasteiger partial charge in [-0.1, -0.05) is 54.6 Å². The third-order valence-corrected chi connectivity index (χ3v) is 5.59. The van der Waals surface area contributed by atoms with Crippen molar-refractivity contribution >= 4 is 17.7 Å². The highest BCUT2D eigenvalue weighted by Crippen LogP contribution is 2.36. The van der Waals surface area contributed by atoms with Crippen LogP contribution in [-0.4, -0.2) is 25.0 Å². The Morgan fingerprint density at radius 1 is 1.04 bits per heavy atom. The lowest BCUT2D eigenvalue weighted by molar-refractivity contribution is -0.129. The first kappa shape index (κ1) is 20.0. The largest absolute Gasteiger partial charge is 0.494 e. The van der Waals surface area contributed by atoms with E-state index in [4.69, 9.17) is 4.74 Å². The molecule has 3 aromatic rings. The molecule has 0 fully saturated rings. The summed E-state index contributed by atoms with van der Waals surface area (Å²) in [5.74, 6) is -0.269. The summed E-state index contributed by atoms with van der Waals surface area (Å²) in [5, 5.41) is -0.378. The van der Waals surface area contributed by atoms with Gasteiger partial charge in [0.05, 0.1) is 7.11 Å². The van der Waals surface area contributed by atoms with Crippen LogP contribution in [0.3, 0.4) is 0 Å². The zero-order valence-electron chi connectivity index (χ0n) is 15.8. The number of hydrogen-bond acceptors (Lipinski definition) is 3. The molecule has 0 aliphatic rings. The normalized spacial score (nSPS) is 11.7. The average molecular weight is 395 g/mol. The van der Waals surface area contributed by atoms with Gasteiger partial charge >= 0.3 is 0 Å². The number of carbonyl (C=O) groups excluding carboxylic acids is 1. The van der Waals surface area contributed by atoms with Crippen molar-refractivity contribution in [2.75, 3.05) is 14.2 Å². The standard InChI is InChI=1S/C23H22FNO2S/c1-25(16-17-13-14-21(27-2)20(24)15-17)23(26)22(18-9-5-3-6-10-18)28-19-11-7-4-8-12-19/h3-15,22H,16H2,1-2H3/t22-/m0/s1. The number of thioether (sulfide) groups is 1. The molecule has 3 rings (SSSR count). The maximum Gasteiger partial charge on any atom is 0.240 e. The monoisotopic (exact) mass is 395 g/mol. The van der Waals surface area contributed by atoms with E-state index >= 15 is 0 Å². The molecule has 0 aliphatic heterocycles. The molecule has 1 atom stereocenters. The molecule has 3 nitrogen and oxygen atoms in total. The lowest BCUT2D eigenvalue weighted by atomic mass is 10.1. The third kappa shape index (κ3) is 4.93.